The topological polar surface area (TPSA) is 88.1 Å². The first-order chi connectivity index (χ1) is 9.10. The molecule has 0 aliphatic heterocycles. The van der Waals surface area contributed by atoms with Crippen molar-refractivity contribution in [2.45, 2.75) is 30.5 Å². The van der Waals surface area contributed by atoms with Crippen LogP contribution in [0.2, 0.25) is 0 Å². The van der Waals surface area contributed by atoms with Gasteiger partial charge in [0, 0.05) is 13.8 Å². The lowest BCUT2D eigenvalue weighted by Crippen LogP contribution is -2.28. The van der Waals surface area contributed by atoms with Gasteiger partial charge in [0.05, 0.1) is 13.0 Å². The van der Waals surface area contributed by atoms with Crippen LogP contribution >= 0.6 is 34.8 Å². The molecule has 0 heterocycles. The van der Waals surface area contributed by atoms with Gasteiger partial charge in [-0.25, -0.2) is 4.79 Å². The molecule has 0 aliphatic rings. The van der Waals surface area contributed by atoms with Gasteiger partial charge in [0.2, 0.25) is 0 Å². The summed E-state index contributed by atoms with van der Waals surface area (Å²) in [5.41, 5.74) is 0. The predicted octanol–water partition coefficient (Wildman–Crippen LogP) is 1.72. The summed E-state index contributed by atoms with van der Waals surface area (Å²) < 4.78 is 16.6. The maximum absolute atomic E-state index is 11.4. The number of hydrogen-bond acceptors (Lipinski definition) is 7. The van der Waals surface area contributed by atoms with E-state index in [1.54, 1.807) is 0 Å². The third-order valence-electron chi connectivity index (χ3n) is 1.57. The van der Waals surface area contributed by atoms with Crippen LogP contribution in [0.5, 0.6) is 0 Å². The second-order valence-electron chi connectivity index (χ2n) is 3.39. The Morgan fingerprint density at radius 2 is 1.65 bits per heavy atom. The van der Waals surface area contributed by atoms with E-state index in [1.807, 2.05) is 0 Å². The van der Waals surface area contributed by atoms with Crippen molar-refractivity contribution in [3.8, 4) is 0 Å². The zero-order valence-electron chi connectivity index (χ0n) is 10.7. The Hall–Kier alpha value is -0.760. The second kappa shape index (κ2) is 9.23. The third-order valence-corrected chi connectivity index (χ3v) is 1.90. The molecule has 20 heavy (non-hydrogen) atoms. The highest BCUT2D eigenvalue weighted by Gasteiger charge is 2.24. The van der Waals surface area contributed by atoms with Crippen LogP contribution in [0.15, 0.2) is 0 Å². The van der Waals surface area contributed by atoms with Crippen molar-refractivity contribution in [2.75, 3.05) is 13.2 Å². The lowest BCUT2D eigenvalue weighted by atomic mass is 10.4. The van der Waals surface area contributed by atoms with Gasteiger partial charge in [-0.1, -0.05) is 34.8 Å². The normalized spacial score (nSPS) is 12.4. The number of ether oxygens (including phenoxy) is 4. The number of halogens is 3. The molecule has 0 amide bonds. The van der Waals surface area contributed by atoms with Gasteiger partial charge >= 0.3 is 17.9 Å². The summed E-state index contributed by atoms with van der Waals surface area (Å²) in [5.74, 6) is -2.10. The average Bonchev–Trinajstić information content (AvgIpc) is 2.24. The number of carbonyl (C=O) groups excluding carboxylic acids is 3. The molecule has 10 heteroatoms. The molecule has 0 saturated heterocycles. The monoisotopic (exact) mass is 350 g/mol. The molecular formula is C10H13Cl3O7. The highest BCUT2D eigenvalue weighted by atomic mass is 35.6. The number of rotatable bonds is 7. The first kappa shape index (κ1) is 19.2. The lowest BCUT2D eigenvalue weighted by Gasteiger charge is -2.18. The van der Waals surface area contributed by atoms with E-state index < -0.39 is 34.8 Å². The van der Waals surface area contributed by atoms with Crippen LogP contribution in [0.4, 0.5) is 0 Å². The second-order valence-corrected chi connectivity index (χ2v) is 5.57. The summed E-state index contributed by atoms with van der Waals surface area (Å²) in [5, 5.41) is 0. The Bertz CT molecular complexity index is 353. The van der Waals surface area contributed by atoms with E-state index in [-0.39, 0.29) is 13.0 Å². The highest BCUT2D eigenvalue weighted by molar-refractivity contribution is 6.66. The quantitative estimate of drug-likeness (QED) is 0.392. The molecule has 0 spiro atoms. The van der Waals surface area contributed by atoms with Crippen molar-refractivity contribution < 1.29 is 33.3 Å². The number of hydrogen-bond donors (Lipinski definition) is 0. The van der Waals surface area contributed by atoms with E-state index >= 15 is 0 Å². The van der Waals surface area contributed by atoms with Gasteiger partial charge in [0.15, 0.2) is 0 Å². The minimum atomic E-state index is -2.06. The van der Waals surface area contributed by atoms with Crippen LogP contribution in [-0.2, 0) is 33.3 Å². The minimum Gasteiger partial charge on any atom is -0.466 e. The van der Waals surface area contributed by atoms with Gasteiger partial charge in [-0.15, -0.1) is 0 Å². The van der Waals surface area contributed by atoms with Crippen LogP contribution in [0.3, 0.4) is 0 Å². The molecule has 0 radical (unpaired) electrons. The molecule has 116 valence electrons. The summed E-state index contributed by atoms with van der Waals surface area (Å²) in [6.45, 7) is 1.60. The lowest BCUT2D eigenvalue weighted by molar-refractivity contribution is -0.192. The summed E-state index contributed by atoms with van der Waals surface area (Å²) in [6, 6.07) is 0. The van der Waals surface area contributed by atoms with E-state index in [2.05, 4.69) is 9.47 Å². The molecule has 0 saturated carbocycles. The molecule has 0 fully saturated rings. The van der Waals surface area contributed by atoms with Crippen LogP contribution in [0, 0.1) is 0 Å². The van der Waals surface area contributed by atoms with E-state index in [0.717, 1.165) is 6.92 Å². The van der Waals surface area contributed by atoms with Gasteiger partial charge in [0.25, 0.3) is 10.3 Å². The molecular weight excluding hydrogens is 338 g/mol. The SMILES string of the molecule is CC(=O)OCCC(OC(C)=O)OC(=O)COC(Cl)(Cl)Cl. The number of esters is 3. The molecule has 7 nitrogen and oxygen atoms in total. The van der Waals surface area contributed by atoms with Crippen molar-refractivity contribution in [2.24, 2.45) is 0 Å². The smallest absolute Gasteiger partial charge is 0.335 e. The summed E-state index contributed by atoms with van der Waals surface area (Å²) in [7, 11) is 0. The van der Waals surface area contributed by atoms with E-state index in [0.29, 0.717) is 0 Å². The van der Waals surface area contributed by atoms with E-state index in [4.69, 9.17) is 44.3 Å². The minimum absolute atomic E-state index is 0.0291. The van der Waals surface area contributed by atoms with Crippen LogP contribution in [-0.4, -0.2) is 41.4 Å². The zero-order chi connectivity index (χ0) is 15.8. The van der Waals surface area contributed by atoms with Gasteiger partial charge < -0.3 is 18.9 Å². The van der Waals surface area contributed by atoms with Crippen LogP contribution in [0.1, 0.15) is 20.3 Å². The van der Waals surface area contributed by atoms with Crippen molar-refractivity contribution in [1.29, 1.82) is 0 Å². The first-order valence-electron chi connectivity index (χ1n) is 5.31. The summed E-state index contributed by atoms with van der Waals surface area (Å²) >= 11 is 15.8. The molecule has 1 unspecified atom stereocenters. The van der Waals surface area contributed by atoms with E-state index in [1.165, 1.54) is 6.92 Å². The maximum Gasteiger partial charge on any atom is 0.335 e. The standard InChI is InChI=1S/C10H13Cl3O7/c1-6(14)17-4-3-9(19-7(2)15)20-8(16)5-18-10(11,12)13/h9H,3-5H2,1-2H3. The molecule has 0 N–H and O–H groups in total. The Balaban J connectivity index is 4.23. The average molecular weight is 352 g/mol. The number of carbonyl (C=O) groups is 3. The van der Waals surface area contributed by atoms with Gasteiger partial charge in [0.1, 0.15) is 6.61 Å². The van der Waals surface area contributed by atoms with Crippen LogP contribution in [0.25, 0.3) is 0 Å². The summed E-state index contributed by atoms with van der Waals surface area (Å²) in [4.78, 5) is 32.8. The maximum atomic E-state index is 11.4. The zero-order valence-corrected chi connectivity index (χ0v) is 13.0. The Kier molecular flexibility index (Phi) is 8.88. The van der Waals surface area contributed by atoms with Gasteiger partial charge in [-0.05, 0) is 0 Å². The van der Waals surface area contributed by atoms with E-state index in [9.17, 15) is 14.4 Å². The number of alkyl halides is 3. The molecule has 0 aromatic rings. The molecule has 0 aromatic heterocycles. The molecule has 1 atom stereocenters. The fourth-order valence-electron chi connectivity index (χ4n) is 0.947. The van der Waals surface area contributed by atoms with Crippen molar-refractivity contribution in [1.82, 2.24) is 0 Å². The van der Waals surface area contributed by atoms with Crippen LogP contribution < -0.4 is 0 Å². The Labute approximate surface area is 130 Å². The van der Waals surface area contributed by atoms with Gasteiger partial charge in [-0.3, -0.25) is 9.59 Å². The fraction of sp³-hybridized carbons (Fsp3) is 0.700. The molecule has 0 aromatic carbocycles. The summed E-state index contributed by atoms with van der Waals surface area (Å²) in [6.07, 6.45) is -1.25. The van der Waals surface area contributed by atoms with Gasteiger partial charge in [-0.2, -0.15) is 0 Å². The molecule has 0 bridgehead atoms. The third kappa shape index (κ3) is 12.3. The van der Waals surface area contributed by atoms with Crippen molar-refractivity contribution in [3.05, 3.63) is 0 Å². The van der Waals surface area contributed by atoms with Crippen molar-refractivity contribution in [3.63, 3.8) is 0 Å². The predicted molar refractivity (Wildman–Crippen MR) is 69.1 cm³/mol. The fourth-order valence-corrected chi connectivity index (χ4v) is 1.11. The Morgan fingerprint density at radius 3 is 2.10 bits per heavy atom. The highest BCUT2D eigenvalue weighted by Crippen LogP contribution is 2.27. The molecule has 0 rings (SSSR count). The Morgan fingerprint density at radius 1 is 1.05 bits per heavy atom. The largest absolute Gasteiger partial charge is 0.466 e. The van der Waals surface area contributed by atoms with Crippen molar-refractivity contribution >= 4 is 52.7 Å². The molecule has 0 aliphatic carbocycles. The first-order valence-corrected chi connectivity index (χ1v) is 6.44.